The number of benzene rings is 3. The Kier molecular flexibility index (Phi) is 9.12. The van der Waals surface area contributed by atoms with E-state index in [1.165, 1.54) is 5.56 Å². The SMILES string of the molecule is CC(C)c1ccc(NC(=O)CN(Cc2ccccc2Cl)c2cccc(C(=N)N)c2)cc1.Cl. The van der Waals surface area contributed by atoms with E-state index in [9.17, 15) is 4.79 Å². The quantitative estimate of drug-likeness (QED) is 0.286. The van der Waals surface area contributed by atoms with Crippen molar-refractivity contribution < 1.29 is 4.79 Å². The second-order valence-electron chi connectivity index (χ2n) is 7.74. The molecule has 0 fully saturated rings. The number of hydrogen-bond acceptors (Lipinski definition) is 3. The number of rotatable bonds is 8. The van der Waals surface area contributed by atoms with Crippen molar-refractivity contribution in [3.05, 3.63) is 94.5 Å². The van der Waals surface area contributed by atoms with Crippen LogP contribution in [-0.2, 0) is 11.3 Å². The Bertz CT molecular complexity index is 1070. The molecule has 7 heteroatoms. The molecule has 5 nitrogen and oxygen atoms in total. The molecule has 3 aromatic rings. The lowest BCUT2D eigenvalue weighted by Gasteiger charge is -2.25. The van der Waals surface area contributed by atoms with Crippen LogP contribution in [0.15, 0.2) is 72.8 Å². The average molecular weight is 471 g/mol. The second kappa shape index (κ2) is 11.6. The summed E-state index contributed by atoms with van der Waals surface area (Å²) in [6.45, 7) is 4.84. The van der Waals surface area contributed by atoms with E-state index in [4.69, 9.17) is 22.7 Å². The molecule has 0 saturated heterocycles. The molecule has 0 unspecified atom stereocenters. The highest BCUT2D eigenvalue weighted by molar-refractivity contribution is 6.31. The first kappa shape index (κ1) is 25.2. The number of nitrogen functional groups attached to an aromatic ring is 1. The van der Waals surface area contributed by atoms with Gasteiger partial charge in [-0.1, -0.05) is 67.9 Å². The minimum Gasteiger partial charge on any atom is -0.384 e. The van der Waals surface area contributed by atoms with Crippen LogP contribution in [0.4, 0.5) is 11.4 Å². The molecule has 0 bridgehead atoms. The third kappa shape index (κ3) is 6.74. The molecule has 0 spiro atoms. The minimum absolute atomic E-state index is 0. The number of nitrogens with one attached hydrogen (secondary N) is 2. The Balaban J connectivity index is 0.00000363. The highest BCUT2D eigenvalue weighted by Gasteiger charge is 2.15. The van der Waals surface area contributed by atoms with Gasteiger partial charge in [0.05, 0.1) is 6.54 Å². The van der Waals surface area contributed by atoms with Gasteiger partial charge in [-0.15, -0.1) is 12.4 Å². The number of nitrogens with zero attached hydrogens (tertiary/aromatic N) is 1. The van der Waals surface area contributed by atoms with Gasteiger partial charge in [0.15, 0.2) is 0 Å². The maximum Gasteiger partial charge on any atom is 0.243 e. The summed E-state index contributed by atoms with van der Waals surface area (Å²) in [5, 5.41) is 11.3. The normalized spacial score (nSPS) is 10.4. The van der Waals surface area contributed by atoms with E-state index in [0.29, 0.717) is 23.0 Å². The molecular weight excluding hydrogens is 443 g/mol. The van der Waals surface area contributed by atoms with Gasteiger partial charge >= 0.3 is 0 Å². The standard InChI is InChI=1S/C25H27ClN4O.ClH/c1-17(2)18-10-12-21(13-11-18)29-24(31)16-30(15-20-6-3-4-9-23(20)26)22-8-5-7-19(14-22)25(27)28;/h3-14,17H,15-16H2,1-2H3,(H3,27,28)(H,29,31);1H. The monoisotopic (exact) mass is 470 g/mol. The van der Waals surface area contributed by atoms with E-state index >= 15 is 0 Å². The zero-order chi connectivity index (χ0) is 22.4. The number of amides is 1. The van der Waals surface area contributed by atoms with Crippen molar-refractivity contribution in [1.29, 1.82) is 5.41 Å². The summed E-state index contributed by atoms with van der Waals surface area (Å²) in [7, 11) is 0. The smallest absolute Gasteiger partial charge is 0.243 e. The van der Waals surface area contributed by atoms with Crippen LogP contribution in [0.2, 0.25) is 5.02 Å². The molecule has 3 rings (SSSR count). The van der Waals surface area contributed by atoms with E-state index in [-0.39, 0.29) is 30.7 Å². The fourth-order valence-electron chi connectivity index (χ4n) is 3.27. The largest absolute Gasteiger partial charge is 0.384 e. The number of nitrogens with two attached hydrogens (primary N) is 1. The van der Waals surface area contributed by atoms with E-state index in [1.54, 1.807) is 6.07 Å². The number of halogens is 2. The van der Waals surface area contributed by atoms with Crippen molar-refractivity contribution in [3.63, 3.8) is 0 Å². The average Bonchev–Trinajstić information content (AvgIpc) is 2.75. The molecule has 3 aromatic carbocycles. The predicted molar refractivity (Wildman–Crippen MR) is 136 cm³/mol. The molecule has 168 valence electrons. The predicted octanol–water partition coefficient (Wildman–Crippen LogP) is 5.81. The number of amidine groups is 1. The van der Waals surface area contributed by atoms with Crippen LogP contribution in [0, 0.1) is 5.41 Å². The lowest BCUT2D eigenvalue weighted by atomic mass is 10.0. The van der Waals surface area contributed by atoms with E-state index in [0.717, 1.165) is 16.9 Å². The summed E-state index contributed by atoms with van der Waals surface area (Å²) in [5.41, 5.74) is 9.94. The molecule has 4 N–H and O–H groups in total. The molecular formula is C25H28Cl2N4O. The van der Waals surface area contributed by atoms with Crippen LogP contribution in [0.5, 0.6) is 0 Å². The number of hydrogen-bond donors (Lipinski definition) is 3. The van der Waals surface area contributed by atoms with E-state index in [1.807, 2.05) is 71.6 Å². The summed E-state index contributed by atoms with van der Waals surface area (Å²) in [5.74, 6) is 0.274. The van der Waals surface area contributed by atoms with Gasteiger partial charge < -0.3 is 16.0 Å². The minimum atomic E-state index is -0.141. The molecule has 0 atom stereocenters. The van der Waals surface area contributed by atoms with Crippen molar-refractivity contribution in [2.45, 2.75) is 26.3 Å². The zero-order valence-corrected chi connectivity index (χ0v) is 19.7. The first-order valence-electron chi connectivity index (χ1n) is 10.2. The number of carbonyl (C=O) groups excluding carboxylic acids is 1. The summed E-state index contributed by atoms with van der Waals surface area (Å²) < 4.78 is 0. The molecule has 0 saturated carbocycles. The third-order valence-electron chi connectivity index (χ3n) is 5.04. The lowest BCUT2D eigenvalue weighted by molar-refractivity contribution is -0.115. The molecule has 0 radical (unpaired) electrons. The van der Waals surface area contributed by atoms with Crippen molar-refractivity contribution in [2.75, 3.05) is 16.8 Å². The fourth-order valence-corrected chi connectivity index (χ4v) is 3.46. The number of carbonyl (C=O) groups is 1. The Morgan fingerprint density at radius 1 is 1.06 bits per heavy atom. The van der Waals surface area contributed by atoms with Crippen LogP contribution in [0.1, 0.15) is 36.5 Å². The van der Waals surface area contributed by atoms with Crippen LogP contribution >= 0.6 is 24.0 Å². The van der Waals surface area contributed by atoms with Crippen molar-refractivity contribution in [1.82, 2.24) is 0 Å². The van der Waals surface area contributed by atoms with Gasteiger partial charge in [-0.3, -0.25) is 10.2 Å². The topological polar surface area (TPSA) is 82.2 Å². The van der Waals surface area contributed by atoms with Crippen LogP contribution < -0.4 is 16.0 Å². The van der Waals surface area contributed by atoms with Gasteiger partial charge in [-0.05, 0) is 47.4 Å². The Labute approximate surface area is 200 Å². The Hall–Kier alpha value is -3.02. The Morgan fingerprint density at radius 2 is 1.75 bits per heavy atom. The maximum atomic E-state index is 12.9. The van der Waals surface area contributed by atoms with Crippen LogP contribution in [0.25, 0.3) is 0 Å². The van der Waals surface area contributed by atoms with Crippen molar-refractivity contribution in [2.24, 2.45) is 5.73 Å². The summed E-state index contributed by atoms with van der Waals surface area (Å²) in [6.07, 6.45) is 0. The summed E-state index contributed by atoms with van der Waals surface area (Å²) in [6, 6.07) is 22.8. The fraction of sp³-hybridized carbons (Fsp3) is 0.200. The van der Waals surface area contributed by atoms with Crippen LogP contribution in [0.3, 0.4) is 0 Å². The lowest BCUT2D eigenvalue weighted by Crippen LogP contribution is -2.33. The highest BCUT2D eigenvalue weighted by atomic mass is 35.5. The molecule has 1 amide bonds. The molecule has 0 aliphatic rings. The first-order valence-corrected chi connectivity index (χ1v) is 10.5. The van der Waals surface area contributed by atoms with Gasteiger partial charge in [0.1, 0.15) is 5.84 Å². The molecule has 0 aromatic heterocycles. The van der Waals surface area contributed by atoms with Crippen molar-refractivity contribution >= 4 is 47.1 Å². The summed E-state index contributed by atoms with van der Waals surface area (Å²) >= 11 is 6.36. The molecule has 0 aliphatic carbocycles. The zero-order valence-electron chi connectivity index (χ0n) is 18.1. The van der Waals surface area contributed by atoms with Gasteiger partial charge in [0, 0.05) is 28.5 Å². The van der Waals surface area contributed by atoms with Crippen LogP contribution in [-0.4, -0.2) is 18.3 Å². The second-order valence-corrected chi connectivity index (χ2v) is 8.14. The van der Waals surface area contributed by atoms with Gasteiger partial charge in [-0.2, -0.15) is 0 Å². The number of anilines is 2. The van der Waals surface area contributed by atoms with Gasteiger partial charge in [0.25, 0.3) is 0 Å². The molecule has 0 heterocycles. The molecule has 32 heavy (non-hydrogen) atoms. The summed E-state index contributed by atoms with van der Waals surface area (Å²) in [4.78, 5) is 14.8. The Morgan fingerprint density at radius 3 is 2.38 bits per heavy atom. The van der Waals surface area contributed by atoms with Crippen molar-refractivity contribution in [3.8, 4) is 0 Å². The van der Waals surface area contributed by atoms with Gasteiger partial charge in [-0.25, -0.2) is 0 Å². The maximum absolute atomic E-state index is 12.9. The third-order valence-corrected chi connectivity index (χ3v) is 5.41. The first-order chi connectivity index (χ1) is 14.8. The van der Waals surface area contributed by atoms with E-state index < -0.39 is 0 Å². The van der Waals surface area contributed by atoms with Gasteiger partial charge in [0.2, 0.25) is 5.91 Å². The molecule has 0 aliphatic heterocycles. The van der Waals surface area contributed by atoms with E-state index in [2.05, 4.69) is 19.2 Å². The highest BCUT2D eigenvalue weighted by Crippen LogP contribution is 2.23.